The van der Waals surface area contributed by atoms with Crippen molar-refractivity contribution in [3.05, 3.63) is 0 Å². The first-order chi connectivity index (χ1) is 3.81. The molecule has 1 unspecified atom stereocenters. The van der Waals surface area contributed by atoms with Crippen LogP contribution in [-0.2, 0) is 4.84 Å². The van der Waals surface area contributed by atoms with Crippen molar-refractivity contribution < 1.29 is 4.84 Å². The monoisotopic (exact) mass is 190 g/mol. The third-order valence-corrected chi connectivity index (χ3v) is 1.02. The lowest BCUT2D eigenvalue weighted by atomic mass is 10.2. The van der Waals surface area contributed by atoms with Gasteiger partial charge in [-0.2, -0.15) is 0 Å². The van der Waals surface area contributed by atoms with Crippen molar-refractivity contribution in [2.75, 3.05) is 0 Å². The first kappa shape index (κ1) is 16.8. The molecule has 4 N–H and O–H groups in total. The van der Waals surface area contributed by atoms with Gasteiger partial charge in [-0.25, -0.2) is 5.90 Å². The lowest BCUT2D eigenvalue weighted by Gasteiger charge is -2.05. The zero-order valence-corrected chi connectivity index (χ0v) is 7.71. The van der Waals surface area contributed by atoms with E-state index in [4.69, 9.17) is 11.6 Å². The number of hydrogen-bond acceptors (Lipinski definition) is 3. The Bertz CT molecular complexity index is 56.9. The molecular weight excluding hydrogens is 175 g/mol. The Balaban J connectivity index is -0.000000245. The van der Waals surface area contributed by atoms with Crippen molar-refractivity contribution in [3.63, 3.8) is 0 Å². The third kappa shape index (κ3) is 11.3. The molecule has 0 aliphatic heterocycles. The number of halogens is 2. The molecule has 0 aliphatic carbocycles. The minimum Gasteiger partial charge on any atom is -0.304 e. The summed E-state index contributed by atoms with van der Waals surface area (Å²) in [5, 5.41) is 0. The van der Waals surface area contributed by atoms with Gasteiger partial charge in [0.05, 0.1) is 0 Å². The molecule has 10 heavy (non-hydrogen) atoms. The molecule has 0 aliphatic rings. The molecule has 66 valence electrons. The zero-order valence-electron chi connectivity index (χ0n) is 6.08. The highest BCUT2D eigenvalue weighted by molar-refractivity contribution is 5.85. The predicted octanol–water partition coefficient (Wildman–Crippen LogP) is 1.20. The van der Waals surface area contributed by atoms with Gasteiger partial charge >= 0.3 is 0 Å². The standard InChI is InChI=1S/C5H14N2O.2ClH/c1-2-3-4-5(6)8-7;;/h5H,2-4,6-7H2,1H3;2*1H. The van der Waals surface area contributed by atoms with Gasteiger partial charge in [0.2, 0.25) is 0 Å². The zero-order chi connectivity index (χ0) is 6.41. The van der Waals surface area contributed by atoms with E-state index in [-0.39, 0.29) is 31.0 Å². The van der Waals surface area contributed by atoms with E-state index in [1.165, 1.54) is 0 Å². The van der Waals surface area contributed by atoms with E-state index >= 15 is 0 Å². The Morgan fingerprint density at radius 3 is 2.20 bits per heavy atom. The molecule has 0 radical (unpaired) electrons. The summed E-state index contributed by atoms with van der Waals surface area (Å²) in [6.07, 6.45) is 2.80. The molecule has 0 saturated heterocycles. The molecular formula is C5H16Cl2N2O. The van der Waals surface area contributed by atoms with E-state index in [1.807, 2.05) is 0 Å². The lowest BCUT2D eigenvalue weighted by molar-refractivity contribution is 0.0505. The molecule has 0 fully saturated rings. The summed E-state index contributed by atoms with van der Waals surface area (Å²) in [6, 6.07) is 0. The van der Waals surface area contributed by atoms with E-state index in [2.05, 4.69) is 11.8 Å². The SMILES string of the molecule is CCCCC(N)ON.Cl.Cl. The number of unbranched alkanes of at least 4 members (excludes halogenated alkanes) is 1. The Hall–Kier alpha value is 0.460. The van der Waals surface area contributed by atoms with Gasteiger partial charge in [0.15, 0.2) is 0 Å². The molecule has 0 aromatic heterocycles. The Morgan fingerprint density at radius 1 is 1.40 bits per heavy atom. The molecule has 0 saturated carbocycles. The van der Waals surface area contributed by atoms with E-state index in [1.54, 1.807) is 0 Å². The summed E-state index contributed by atoms with van der Waals surface area (Å²) >= 11 is 0. The van der Waals surface area contributed by atoms with Crippen molar-refractivity contribution in [3.8, 4) is 0 Å². The fraction of sp³-hybridized carbons (Fsp3) is 1.00. The van der Waals surface area contributed by atoms with E-state index in [0.29, 0.717) is 0 Å². The highest BCUT2D eigenvalue weighted by Gasteiger charge is 1.96. The normalized spacial score (nSPS) is 11.1. The molecule has 5 heteroatoms. The van der Waals surface area contributed by atoms with Crippen LogP contribution in [0, 0.1) is 0 Å². The summed E-state index contributed by atoms with van der Waals surface area (Å²) in [5.41, 5.74) is 5.31. The first-order valence-electron chi connectivity index (χ1n) is 2.92. The van der Waals surface area contributed by atoms with Crippen LogP contribution in [0.3, 0.4) is 0 Å². The number of hydrogen-bond donors (Lipinski definition) is 2. The molecule has 0 amide bonds. The fourth-order valence-corrected chi connectivity index (χ4v) is 0.473. The van der Waals surface area contributed by atoms with Crippen LogP contribution in [0.2, 0.25) is 0 Å². The molecule has 0 rings (SSSR count). The lowest BCUT2D eigenvalue weighted by Crippen LogP contribution is -2.26. The molecule has 0 heterocycles. The summed E-state index contributed by atoms with van der Waals surface area (Å²) in [7, 11) is 0. The van der Waals surface area contributed by atoms with Crippen LogP contribution in [0.5, 0.6) is 0 Å². The van der Waals surface area contributed by atoms with Crippen LogP contribution >= 0.6 is 24.8 Å². The van der Waals surface area contributed by atoms with E-state index in [0.717, 1.165) is 19.3 Å². The van der Waals surface area contributed by atoms with Crippen LogP contribution in [-0.4, -0.2) is 6.23 Å². The van der Waals surface area contributed by atoms with Crippen molar-refractivity contribution in [2.24, 2.45) is 11.6 Å². The topological polar surface area (TPSA) is 61.3 Å². The third-order valence-electron chi connectivity index (χ3n) is 1.02. The predicted molar refractivity (Wildman–Crippen MR) is 47.3 cm³/mol. The Labute approximate surface area is 74.3 Å². The average molecular weight is 191 g/mol. The molecule has 0 aromatic carbocycles. The summed E-state index contributed by atoms with van der Waals surface area (Å²) in [6.45, 7) is 2.10. The van der Waals surface area contributed by atoms with Gasteiger partial charge in [-0.05, 0) is 12.8 Å². The summed E-state index contributed by atoms with van der Waals surface area (Å²) < 4.78 is 0. The van der Waals surface area contributed by atoms with Gasteiger partial charge in [-0.1, -0.05) is 13.3 Å². The van der Waals surface area contributed by atoms with Crippen molar-refractivity contribution in [1.82, 2.24) is 0 Å². The minimum atomic E-state index is -0.269. The van der Waals surface area contributed by atoms with Crippen molar-refractivity contribution in [1.29, 1.82) is 0 Å². The summed E-state index contributed by atoms with van der Waals surface area (Å²) in [4.78, 5) is 4.33. The van der Waals surface area contributed by atoms with Gasteiger partial charge in [0, 0.05) is 0 Å². The van der Waals surface area contributed by atoms with Crippen molar-refractivity contribution >= 4 is 24.8 Å². The van der Waals surface area contributed by atoms with Gasteiger partial charge in [0.25, 0.3) is 0 Å². The van der Waals surface area contributed by atoms with E-state index < -0.39 is 0 Å². The Kier molecular flexibility index (Phi) is 20.5. The highest BCUT2D eigenvalue weighted by atomic mass is 35.5. The largest absolute Gasteiger partial charge is 0.304 e. The second kappa shape index (κ2) is 12.2. The first-order valence-corrected chi connectivity index (χ1v) is 2.92. The molecule has 0 bridgehead atoms. The number of rotatable bonds is 4. The average Bonchev–Trinajstić information content (AvgIpc) is 1.83. The van der Waals surface area contributed by atoms with Crippen LogP contribution < -0.4 is 11.6 Å². The number of nitrogens with two attached hydrogens (primary N) is 2. The second-order valence-electron chi connectivity index (χ2n) is 1.82. The van der Waals surface area contributed by atoms with Crippen LogP contribution in [0.1, 0.15) is 26.2 Å². The van der Waals surface area contributed by atoms with Crippen LogP contribution in [0.25, 0.3) is 0 Å². The molecule has 0 spiro atoms. The van der Waals surface area contributed by atoms with Crippen LogP contribution in [0.4, 0.5) is 0 Å². The summed E-state index contributed by atoms with van der Waals surface area (Å²) in [5.74, 6) is 4.79. The second-order valence-corrected chi connectivity index (χ2v) is 1.82. The van der Waals surface area contributed by atoms with Crippen LogP contribution in [0.15, 0.2) is 0 Å². The van der Waals surface area contributed by atoms with Gasteiger partial charge in [0.1, 0.15) is 6.23 Å². The van der Waals surface area contributed by atoms with Gasteiger partial charge in [-0.3, -0.25) is 4.84 Å². The maximum absolute atomic E-state index is 5.31. The minimum absolute atomic E-state index is 0. The van der Waals surface area contributed by atoms with Crippen molar-refractivity contribution in [2.45, 2.75) is 32.4 Å². The smallest absolute Gasteiger partial charge is 0.126 e. The fourth-order valence-electron chi connectivity index (χ4n) is 0.473. The molecule has 0 aromatic rings. The Morgan fingerprint density at radius 2 is 1.90 bits per heavy atom. The maximum Gasteiger partial charge on any atom is 0.126 e. The van der Waals surface area contributed by atoms with E-state index in [9.17, 15) is 0 Å². The highest BCUT2D eigenvalue weighted by Crippen LogP contribution is 1.95. The van der Waals surface area contributed by atoms with Gasteiger partial charge < -0.3 is 5.73 Å². The maximum atomic E-state index is 5.31. The molecule has 1 atom stereocenters. The quantitative estimate of drug-likeness (QED) is 0.518. The van der Waals surface area contributed by atoms with Gasteiger partial charge in [-0.15, -0.1) is 24.8 Å². The molecule has 3 nitrogen and oxygen atoms in total.